The van der Waals surface area contributed by atoms with Gasteiger partial charge in [-0.3, -0.25) is 9.59 Å². The van der Waals surface area contributed by atoms with Crippen molar-refractivity contribution in [1.82, 2.24) is 15.1 Å². The quantitative estimate of drug-likeness (QED) is 0.856. The van der Waals surface area contributed by atoms with E-state index in [0.717, 1.165) is 32.5 Å². The molecule has 0 saturated carbocycles. The van der Waals surface area contributed by atoms with Gasteiger partial charge in [-0.25, -0.2) is 0 Å². The molecule has 2 heterocycles. The number of benzene rings is 1. The molecule has 1 atom stereocenters. The molecule has 7 heteroatoms. The number of ether oxygens (including phenoxy) is 1. The summed E-state index contributed by atoms with van der Waals surface area (Å²) in [6.45, 7) is 4.20. The lowest BCUT2D eigenvalue weighted by atomic mass is 10.1. The average Bonchev–Trinajstić information content (AvgIpc) is 3.15. The smallest absolute Gasteiger partial charge is 0.254 e. The van der Waals surface area contributed by atoms with Gasteiger partial charge in [0.1, 0.15) is 6.54 Å². The van der Waals surface area contributed by atoms with E-state index in [0.29, 0.717) is 30.2 Å². The number of nitrogens with one attached hydrogen (secondary N) is 1. The molecule has 1 N–H and O–H groups in total. The Hall–Kier alpha value is -1.63. The number of hydrogen-bond donors (Lipinski definition) is 1. The number of carbonyl (C=O) groups excluding carboxylic acids is 2. The highest BCUT2D eigenvalue weighted by Crippen LogP contribution is 2.17. The number of rotatable bonds is 5. The molecule has 2 aliphatic heterocycles. The van der Waals surface area contributed by atoms with Crippen LogP contribution in [0.5, 0.6) is 0 Å². The number of amides is 2. The number of piperazine rings is 1. The van der Waals surface area contributed by atoms with Crippen molar-refractivity contribution < 1.29 is 14.3 Å². The van der Waals surface area contributed by atoms with Gasteiger partial charge in [0, 0.05) is 49.9 Å². The Morgan fingerprint density at radius 1 is 1.24 bits per heavy atom. The fourth-order valence-electron chi connectivity index (χ4n) is 3.21. The van der Waals surface area contributed by atoms with Crippen LogP contribution in [0.15, 0.2) is 24.3 Å². The van der Waals surface area contributed by atoms with Gasteiger partial charge >= 0.3 is 0 Å². The molecule has 0 radical (unpaired) electrons. The summed E-state index contributed by atoms with van der Waals surface area (Å²) >= 11 is 5.91. The summed E-state index contributed by atoms with van der Waals surface area (Å²) < 4.78 is 5.67. The Kier molecular flexibility index (Phi) is 6.29. The fraction of sp³-hybridized carbons (Fsp3) is 0.556. The van der Waals surface area contributed by atoms with Crippen molar-refractivity contribution in [3.8, 4) is 0 Å². The normalized spacial score (nSPS) is 20.5. The zero-order valence-electron chi connectivity index (χ0n) is 14.2. The van der Waals surface area contributed by atoms with Crippen molar-refractivity contribution in [3.63, 3.8) is 0 Å². The van der Waals surface area contributed by atoms with Gasteiger partial charge in [0.05, 0.1) is 6.10 Å². The first-order valence-electron chi connectivity index (χ1n) is 8.78. The van der Waals surface area contributed by atoms with Crippen LogP contribution in [0.2, 0.25) is 5.02 Å². The van der Waals surface area contributed by atoms with Gasteiger partial charge in [-0.2, -0.15) is 0 Å². The first-order valence-corrected chi connectivity index (χ1v) is 9.16. The molecule has 2 amide bonds. The number of nitrogens with zero attached hydrogens (tertiary/aromatic N) is 2. The van der Waals surface area contributed by atoms with Gasteiger partial charge in [0.2, 0.25) is 5.91 Å². The zero-order valence-corrected chi connectivity index (χ0v) is 15.0. The fourth-order valence-corrected chi connectivity index (χ4v) is 3.33. The Morgan fingerprint density at radius 2 is 1.96 bits per heavy atom. The largest absolute Gasteiger partial charge is 0.376 e. The Balaban J connectivity index is 1.70. The molecule has 6 nitrogen and oxygen atoms in total. The Labute approximate surface area is 153 Å². The predicted molar refractivity (Wildman–Crippen MR) is 95.8 cm³/mol. The molecule has 0 aliphatic carbocycles. The van der Waals surface area contributed by atoms with E-state index in [-0.39, 0.29) is 24.5 Å². The van der Waals surface area contributed by atoms with Crippen LogP contribution in [0.25, 0.3) is 0 Å². The highest BCUT2D eigenvalue weighted by atomic mass is 35.5. The molecule has 0 bridgehead atoms. The maximum Gasteiger partial charge on any atom is 0.254 e. The minimum Gasteiger partial charge on any atom is -0.376 e. The van der Waals surface area contributed by atoms with Gasteiger partial charge in [-0.15, -0.1) is 0 Å². The molecule has 1 unspecified atom stereocenters. The molecular formula is C18H24ClN3O3. The van der Waals surface area contributed by atoms with Gasteiger partial charge < -0.3 is 19.9 Å². The molecule has 3 rings (SSSR count). The third-order valence-electron chi connectivity index (χ3n) is 4.62. The summed E-state index contributed by atoms with van der Waals surface area (Å²) in [6.07, 6.45) is 1.93. The minimum absolute atomic E-state index is 0.00655. The van der Waals surface area contributed by atoms with Crippen LogP contribution in [-0.4, -0.2) is 73.6 Å². The maximum absolute atomic E-state index is 12.9. The molecular weight excluding hydrogens is 342 g/mol. The van der Waals surface area contributed by atoms with E-state index in [1.807, 2.05) is 4.90 Å². The second kappa shape index (κ2) is 8.65. The molecule has 136 valence electrons. The summed E-state index contributed by atoms with van der Waals surface area (Å²) in [5, 5.41) is 3.81. The molecule has 2 aliphatic rings. The summed E-state index contributed by atoms with van der Waals surface area (Å²) in [4.78, 5) is 28.9. The Bertz CT molecular complexity index is 596. The van der Waals surface area contributed by atoms with Gasteiger partial charge in [-0.05, 0) is 37.1 Å². The van der Waals surface area contributed by atoms with Gasteiger partial charge in [0.15, 0.2) is 0 Å². The van der Waals surface area contributed by atoms with Crippen LogP contribution in [0.1, 0.15) is 23.2 Å². The number of carbonyl (C=O) groups is 2. The van der Waals surface area contributed by atoms with Gasteiger partial charge in [0.25, 0.3) is 5.91 Å². The van der Waals surface area contributed by atoms with Crippen LogP contribution in [0.3, 0.4) is 0 Å². The van der Waals surface area contributed by atoms with E-state index >= 15 is 0 Å². The lowest BCUT2D eigenvalue weighted by molar-refractivity contribution is -0.132. The topological polar surface area (TPSA) is 61.9 Å². The van der Waals surface area contributed by atoms with Gasteiger partial charge in [-0.1, -0.05) is 11.6 Å². The third-order valence-corrected chi connectivity index (χ3v) is 4.87. The Morgan fingerprint density at radius 3 is 2.60 bits per heavy atom. The van der Waals surface area contributed by atoms with Crippen LogP contribution in [-0.2, 0) is 9.53 Å². The van der Waals surface area contributed by atoms with E-state index in [9.17, 15) is 9.59 Å². The van der Waals surface area contributed by atoms with E-state index in [1.165, 1.54) is 0 Å². The van der Waals surface area contributed by atoms with Crippen molar-refractivity contribution in [1.29, 1.82) is 0 Å². The predicted octanol–water partition coefficient (Wildman–Crippen LogP) is 1.39. The summed E-state index contributed by atoms with van der Waals surface area (Å²) in [6, 6.07) is 6.78. The molecule has 2 saturated heterocycles. The molecule has 0 spiro atoms. The van der Waals surface area contributed by atoms with Crippen LogP contribution < -0.4 is 5.32 Å². The lowest BCUT2D eigenvalue weighted by Gasteiger charge is -2.31. The number of hydrogen-bond acceptors (Lipinski definition) is 4. The minimum atomic E-state index is -0.157. The zero-order chi connectivity index (χ0) is 17.6. The summed E-state index contributed by atoms with van der Waals surface area (Å²) in [5.74, 6) is -0.169. The summed E-state index contributed by atoms with van der Waals surface area (Å²) in [5.41, 5.74) is 0.538. The van der Waals surface area contributed by atoms with E-state index in [4.69, 9.17) is 16.3 Å². The summed E-state index contributed by atoms with van der Waals surface area (Å²) in [7, 11) is 0. The molecule has 1 aromatic carbocycles. The van der Waals surface area contributed by atoms with E-state index in [2.05, 4.69) is 5.32 Å². The lowest BCUT2D eigenvalue weighted by Crippen LogP contribution is -2.51. The highest BCUT2D eigenvalue weighted by Gasteiger charge is 2.27. The van der Waals surface area contributed by atoms with Crippen LogP contribution >= 0.6 is 11.6 Å². The average molecular weight is 366 g/mol. The monoisotopic (exact) mass is 365 g/mol. The molecule has 25 heavy (non-hydrogen) atoms. The first kappa shape index (κ1) is 18.2. The maximum atomic E-state index is 12.9. The van der Waals surface area contributed by atoms with Crippen molar-refractivity contribution in [2.75, 3.05) is 45.9 Å². The standard InChI is InChI=1S/C18H24ClN3O3/c19-15-5-3-14(4-6-15)18(24)22(12-16-2-1-11-25-16)13-17(23)21-9-7-20-8-10-21/h3-6,16,20H,1-2,7-13H2. The van der Waals surface area contributed by atoms with Crippen LogP contribution in [0, 0.1) is 0 Å². The highest BCUT2D eigenvalue weighted by molar-refractivity contribution is 6.30. The molecule has 1 aromatic rings. The second-order valence-corrected chi connectivity index (χ2v) is 6.89. The van der Waals surface area contributed by atoms with Crippen LogP contribution in [0.4, 0.5) is 0 Å². The number of halogens is 1. The van der Waals surface area contributed by atoms with E-state index in [1.54, 1.807) is 29.2 Å². The molecule has 0 aromatic heterocycles. The third kappa shape index (κ3) is 4.93. The first-order chi connectivity index (χ1) is 12.1. The van der Waals surface area contributed by atoms with Crippen molar-refractivity contribution in [2.24, 2.45) is 0 Å². The second-order valence-electron chi connectivity index (χ2n) is 6.46. The van der Waals surface area contributed by atoms with Crippen molar-refractivity contribution in [2.45, 2.75) is 18.9 Å². The SMILES string of the molecule is O=C(CN(CC1CCCO1)C(=O)c1ccc(Cl)cc1)N1CCNCC1. The van der Waals surface area contributed by atoms with Crippen molar-refractivity contribution in [3.05, 3.63) is 34.9 Å². The van der Waals surface area contributed by atoms with E-state index < -0.39 is 0 Å². The van der Waals surface area contributed by atoms with Crippen molar-refractivity contribution >= 4 is 23.4 Å². The molecule has 2 fully saturated rings.